The van der Waals surface area contributed by atoms with Gasteiger partial charge in [0.1, 0.15) is 5.82 Å². The molecule has 0 unspecified atom stereocenters. The number of hydrogen-bond donors (Lipinski definition) is 1. The van der Waals surface area contributed by atoms with Crippen LogP contribution in [0.3, 0.4) is 0 Å². The minimum Gasteiger partial charge on any atom is -0.371 e. The van der Waals surface area contributed by atoms with E-state index in [-0.39, 0.29) is 0 Å². The van der Waals surface area contributed by atoms with Gasteiger partial charge in [-0.25, -0.2) is 4.99 Å². The molecule has 0 rings (SSSR count). The fourth-order valence-electron chi connectivity index (χ4n) is 0.767. The number of hydrogen-bond acceptors (Lipinski definition) is 3. The zero-order valence-corrected chi connectivity index (χ0v) is 7.72. The van der Waals surface area contributed by atoms with Crippen molar-refractivity contribution in [3.8, 4) is 6.07 Å². The smallest absolute Gasteiger partial charge is 0.118 e. The van der Waals surface area contributed by atoms with Crippen LogP contribution in [0.4, 0.5) is 0 Å². The van der Waals surface area contributed by atoms with Crippen molar-refractivity contribution in [1.29, 1.82) is 5.26 Å². The third kappa shape index (κ3) is 5.48. The standard InChI is InChI=1S/C9H15N3/c1-4-11-9(3)12-8(2)6-5-7-10/h11H,3-6H2,1-2H3/b12-8+. The zero-order chi connectivity index (χ0) is 9.40. The predicted octanol–water partition coefficient (Wildman–Crippen LogP) is 1.83. The molecule has 3 nitrogen and oxygen atoms in total. The van der Waals surface area contributed by atoms with Crippen LogP contribution in [0.25, 0.3) is 0 Å². The van der Waals surface area contributed by atoms with Crippen molar-refractivity contribution >= 4 is 5.71 Å². The van der Waals surface area contributed by atoms with Gasteiger partial charge in [-0.1, -0.05) is 6.58 Å². The highest BCUT2D eigenvalue weighted by Gasteiger charge is 1.91. The first-order valence-corrected chi connectivity index (χ1v) is 4.04. The van der Waals surface area contributed by atoms with Crippen LogP contribution in [0.15, 0.2) is 17.4 Å². The molecule has 0 aliphatic heterocycles. The van der Waals surface area contributed by atoms with Crippen LogP contribution in [-0.2, 0) is 0 Å². The predicted molar refractivity (Wildman–Crippen MR) is 50.8 cm³/mol. The summed E-state index contributed by atoms with van der Waals surface area (Å²) in [5.41, 5.74) is 0.947. The second-order valence-electron chi connectivity index (χ2n) is 2.48. The molecule has 0 aromatic rings. The summed E-state index contributed by atoms with van der Waals surface area (Å²) in [6.07, 6.45) is 1.25. The molecule has 0 aliphatic rings. The van der Waals surface area contributed by atoms with E-state index in [1.54, 1.807) is 0 Å². The molecule has 0 saturated heterocycles. The highest BCUT2D eigenvalue weighted by Crippen LogP contribution is 1.95. The van der Waals surface area contributed by atoms with Crippen molar-refractivity contribution < 1.29 is 0 Å². The number of nitriles is 1. The maximum atomic E-state index is 8.31. The number of nitrogens with one attached hydrogen (secondary N) is 1. The monoisotopic (exact) mass is 165 g/mol. The molecule has 0 atom stereocenters. The molecule has 0 radical (unpaired) electrons. The molecule has 0 spiro atoms. The van der Waals surface area contributed by atoms with Crippen LogP contribution in [0.2, 0.25) is 0 Å². The third-order valence-corrected chi connectivity index (χ3v) is 1.31. The molecule has 0 aliphatic carbocycles. The third-order valence-electron chi connectivity index (χ3n) is 1.31. The van der Waals surface area contributed by atoms with E-state index in [0.717, 1.165) is 18.7 Å². The van der Waals surface area contributed by atoms with Gasteiger partial charge in [0.15, 0.2) is 0 Å². The van der Waals surface area contributed by atoms with Crippen LogP contribution >= 0.6 is 0 Å². The lowest BCUT2D eigenvalue weighted by Crippen LogP contribution is -2.10. The van der Waals surface area contributed by atoms with Gasteiger partial charge in [-0.05, 0) is 20.3 Å². The van der Waals surface area contributed by atoms with Crippen molar-refractivity contribution in [2.24, 2.45) is 4.99 Å². The summed E-state index contributed by atoms with van der Waals surface area (Å²) in [7, 11) is 0. The van der Waals surface area contributed by atoms with E-state index in [2.05, 4.69) is 23.0 Å². The summed E-state index contributed by atoms with van der Waals surface area (Å²) in [4.78, 5) is 4.16. The lowest BCUT2D eigenvalue weighted by Gasteiger charge is -2.02. The highest BCUT2D eigenvalue weighted by molar-refractivity contribution is 5.82. The van der Waals surface area contributed by atoms with Gasteiger partial charge in [-0.2, -0.15) is 5.26 Å². The van der Waals surface area contributed by atoms with Crippen molar-refractivity contribution in [1.82, 2.24) is 5.32 Å². The van der Waals surface area contributed by atoms with Crippen molar-refractivity contribution in [2.45, 2.75) is 26.7 Å². The summed E-state index contributed by atoms with van der Waals surface area (Å²) in [6.45, 7) is 8.43. The Labute approximate surface area is 73.8 Å². The molecule has 0 heterocycles. The van der Waals surface area contributed by atoms with E-state index in [0.29, 0.717) is 12.2 Å². The SMILES string of the molecule is C=C(/N=C(\C)CCC#N)NCC. The zero-order valence-electron chi connectivity index (χ0n) is 7.72. The average Bonchev–Trinajstić information content (AvgIpc) is 2.01. The number of nitrogens with zero attached hydrogens (tertiary/aromatic N) is 2. The molecular formula is C9H15N3. The van der Waals surface area contributed by atoms with Crippen LogP contribution in [0.1, 0.15) is 26.7 Å². The minimum absolute atomic E-state index is 0.523. The fraction of sp³-hybridized carbons (Fsp3) is 0.556. The molecule has 66 valence electrons. The average molecular weight is 165 g/mol. The van der Waals surface area contributed by atoms with E-state index in [1.165, 1.54) is 0 Å². The Balaban J connectivity index is 3.82. The first kappa shape index (κ1) is 10.7. The minimum atomic E-state index is 0.523. The fourth-order valence-corrected chi connectivity index (χ4v) is 0.767. The maximum absolute atomic E-state index is 8.31. The Morgan fingerprint density at radius 3 is 2.83 bits per heavy atom. The summed E-state index contributed by atoms with van der Waals surface area (Å²) in [6, 6.07) is 2.07. The van der Waals surface area contributed by atoms with Gasteiger partial charge in [-0.15, -0.1) is 0 Å². The number of aliphatic imine (C=N–C) groups is 1. The van der Waals surface area contributed by atoms with Crippen molar-refractivity contribution in [3.63, 3.8) is 0 Å². The molecule has 0 amide bonds. The van der Waals surface area contributed by atoms with Crippen LogP contribution < -0.4 is 5.32 Å². The molecule has 0 fully saturated rings. The Morgan fingerprint density at radius 1 is 1.67 bits per heavy atom. The lowest BCUT2D eigenvalue weighted by atomic mass is 10.2. The molecule has 0 aromatic heterocycles. The summed E-state index contributed by atoms with van der Waals surface area (Å²) >= 11 is 0. The first-order valence-electron chi connectivity index (χ1n) is 4.04. The van der Waals surface area contributed by atoms with Gasteiger partial charge < -0.3 is 5.32 Å². The Morgan fingerprint density at radius 2 is 2.33 bits per heavy atom. The lowest BCUT2D eigenvalue weighted by molar-refractivity contribution is 0.842. The number of rotatable bonds is 5. The largest absolute Gasteiger partial charge is 0.371 e. The Hall–Kier alpha value is -1.30. The second kappa shape index (κ2) is 6.41. The molecule has 3 heteroatoms. The molecular weight excluding hydrogens is 150 g/mol. The van der Waals surface area contributed by atoms with Gasteiger partial charge in [0.05, 0.1) is 6.07 Å². The van der Waals surface area contributed by atoms with E-state index < -0.39 is 0 Å². The topological polar surface area (TPSA) is 48.2 Å². The first-order chi connectivity index (χ1) is 5.70. The molecule has 0 bridgehead atoms. The molecule has 0 saturated carbocycles. The van der Waals surface area contributed by atoms with Crippen molar-refractivity contribution in [2.75, 3.05) is 6.54 Å². The molecule has 12 heavy (non-hydrogen) atoms. The summed E-state index contributed by atoms with van der Waals surface area (Å²) in [5.74, 6) is 0.674. The van der Waals surface area contributed by atoms with Gasteiger partial charge in [0, 0.05) is 18.7 Å². The van der Waals surface area contributed by atoms with E-state index in [9.17, 15) is 0 Å². The van der Waals surface area contributed by atoms with E-state index in [1.807, 2.05) is 13.8 Å². The van der Waals surface area contributed by atoms with Crippen LogP contribution in [0.5, 0.6) is 0 Å². The molecule has 1 N–H and O–H groups in total. The summed E-state index contributed by atoms with van der Waals surface area (Å²) in [5, 5.41) is 11.3. The van der Waals surface area contributed by atoms with Crippen LogP contribution in [-0.4, -0.2) is 12.3 Å². The summed E-state index contributed by atoms with van der Waals surface area (Å²) < 4.78 is 0. The van der Waals surface area contributed by atoms with E-state index >= 15 is 0 Å². The molecule has 0 aromatic carbocycles. The second-order valence-corrected chi connectivity index (χ2v) is 2.48. The van der Waals surface area contributed by atoms with Crippen molar-refractivity contribution in [3.05, 3.63) is 12.4 Å². The maximum Gasteiger partial charge on any atom is 0.118 e. The van der Waals surface area contributed by atoms with Gasteiger partial charge >= 0.3 is 0 Å². The van der Waals surface area contributed by atoms with Gasteiger partial charge in [-0.3, -0.25) is 0 Å². The highest BCUT2D eigenvalue weighted by atomic mass is 15.0. The Bertz CT molecular complexity index is 210. The van der Waals surface area contributed by atoms with E-state index in [4.69, 9.17) is 5.26 Å². The van der Waals surface area contributed by atoms with Gasteiger partial charge in [0.25, 0.3) is 0 Å². The quantitative estimate of drug-likeness (QED) is 0.632. The van der Waals surface area contributed by atoms with Gasteiger partial charge in [0.2, 0.25) is 0 Å². The Kier molecular flexibility index (Phi) is 5.72. The normalized spacial score (nSPS) is 10.6. The van der Waals surface area contributed by atoms with Crippen LogP contribution in [0, 0.1) is 11.3 Å².